The van der Waals surface area contributed by atoms with Gasteiger partial charge in [0.05, 0.1) is 6.10 Å². The Morgan fingerprint density at radius 1 is 1.39 bits per heavy atom. The maximum Gasteiger partial charge on any atom is 0.115 e. The van der Waals surface area contributed by atoms with E-state index in [1.54, 1.807) is 18.2 Å². The van der Waals surface area contributed by atoms with Crippen LogP contribution in [0.25, 0.3) is 0 Å². The topological polar surface area (TPSA) is 52.5 Å². The summed E-state index contributed by atoms with van der Waals surface area (Å²) < 4.78 is 0. The number of hydrogen-bond donors (Lipinski definition) is 3. The average molecular weight is 249 g/mol. The van der Waals surface area contributed by atoms with Gasteiger partial charge in [-0.2, -0.15) is 0 Å². The van der Waals surface area contributed by atoms with Crippen LogP contribution in [0.4, 0.5) is 0 Å². The first-order valence-corrected chi connectivity index (χ1v) is 6.93. The van der Waals surface area contributed by atoms with E-state index < -0.39 is 6.10 Å². The fraction of sp³-hybridized carbons (Fsp3) is 0.600. The van der Waals surface area contributed by atoms with Crippen LogP contribution >= 0.6 is 0 Å². The molecule has 0 aromatic heterocycles. The lowest BCUT2D eigenvalue weighted by atomic mass is 9.90. The molecule has 1 saturated heterocycles. The number of aliphatic hydroxyl groups excluding tert-OH is 1. The van der Waals surface area contributed by atoms with Gasteiger partial charge in [-0.1, -0.05) is 31.9 Å². The van der Waals surface area contributed by atoms with Crippen molar-refractivity contribution in [3.05, 3.63) is 29.8 Å². The van der Waals surface area contributed by atoms with Crippen molar-refractivity contribution in [1.82, 2.24) is 5.32 Å². The largest absolute Gasteiger partial charge is 0.508 e. The number of nitrogens with one attached hydrogen (secondary N) is 1. The van der Waals surface area contributed by atoms with Crippen molar-refractivity contribution in [2.75, 3.05) is 0 Å². The Kier molecular flexibility index (Phi) is 4.61. The van der Waals surface area contributed by atoms with Gasteiger partial charge in [0, 0.05) is 12.1 Å². The molecule has 1 aliphatic rings. The van der Waals surface area contributed by atoms with Gasteiger partial charge >= 0.3 is 0 Å². The molecule has 0 bridgehead atoms. The number of benzene rings is 1. The molecular weight excluding hydrogens is 226 g/mol. The Morgan fingerprint density at radius 2 is 2.22 bits per heavy atom. The minimum absolute atomic E-state index is 0.108. The lowest BCUT2D eigenvalue weighted by molar-refractivity contribution is 0.0996. The zero-order valence-electron chi connectivity index (χ0n) is 11.0. The molecular formula is C15H23NO2. The van der Waals surface area contributed by atoms with Crippen molar-refractivity contribution in [2.24, 2.45) is 0 Å². The number of hydrogen-bond acceptors (Lipinski definition) is 3. The lowest BCUT2D eigenvalue weighted by Crippen LogP contribution is -2.45. The molecule has 1 aromatic carbocycles. The molecule has 2 rings (SSSR count). The van der Waals surface area contributed by atoms with Crippen LogP contribution in [0.3, 0.4) is 0 Å². The van der Waals surface area contributed by atoms with Crippen LogP contribution < -0.4 is 5.32 Å². The van der Waals surface area contributed by atoms with E-state index in [-0.39, 0.29) is 11.8 Å². The van der Waals surface area contributed by atoms with Crippen molar-refractivity contribution >= 4 is 0 Å². The maximum absolute atomic E-state index is 10.4. The Labute approximate surface area is 109 Å². The number of phenolic OH excluding ortho intramolecular Hbond substituents is 1. The molecule has 0 amide bonds. The number of aromatic hydroxyl groups is 1. The molecule has 100 valence electrons. The van der Waals surface area contributed by atoms with Gasteiger partial charge < -0.3 is 15.5 Å². The smallest absolute Gasteiger partial charge is 0.115 e. The average Bonchev–Trinajstić information content (AvgIpc) is 2.39. The fourth-order valence-electron chi connectivity index (χ4n) is 2.82. The molecule has 0 aliphatic carbocycles. The summed E-state index contributed by atoms with van der Waals surface area (Å²) in [4.78, 5) is 0. The molecule has 1 heterocycles. The van der Waals surface area contributed by atoms with Crippen LogP contribution in [0.2, 0.25) is 0 Å². The molecule has 3 atom stereocenters. The molecule has 1 aliphatic heterocycles. The van der Waals surface area contributed by atoms with Gasteiger partial charge in [0.25, 0.3) is 0 Å². The number of phenols is 1. The maximum atomic E-state index is 10.4. The molecule has 3 heteroatoms. The zero-order chi connectivity index (χ0) is 13.0. The molecule has 0 radical (unpaired) electrons. The van der Waals surface area contributed by atoms with Crippen LogP contribution in [-0.4, -0.2) is 22.3 Å². The van der Waals surface area contributed by atoms with Crippen molar-refractivity contribution in [3.63, 3.8) is 0 Å². The molecule has 1 fully saturated rings. The Morgan fingerprint density at radius 3 is 2.94 bits per heavy atom. The van der Waals surface area contributed by atoms with Gasteiger partial charge in [-0.3, -0.25) is 0 Å². The van der Waals surface area contributed by atoms with Crippen molar-refractivity contribution < 1.29 is 10.2 Å². The van der Waals surface area contributed by atoms with E-state index in [1.165, 1.54) is 19.3 Å². The molecule has 3 nitrogen and oxygen atoms in total. The summed E-state index contributed by atoms with van der Waals surface area (Å²) in [6.45, 7) is 2.19. The number of rotatable bonds is 4. The zero-order valence-corrected chi connectivity index (χ0v) is 11.0. The first kappa shape index (κ1) is 13.4. The highest BCUT2D eigenvalue weighted by Crippen LogP contribution is 2.27. The number of piperidine rings is 1. The predicted molar refractivity (Wildman–Crippen MR) is 72.5 cm³/mol. The minimum atomic E-state index is -0.531. The Balaban J connectivity index is 2.02. The summed E-state index contributed by atoms with van der Waals surface area (Å²) in [5.41, 5.74) is 0.796. The standard InChI is InChI=1S/C15H23NO2/c1-2-5-12-7-4-9-14(16-12)15(18)11-6-3-8-13(17)10-11/h3,6,8,10,12,14-18H,2,4-5,7,9H2,1H3/t12-,14-,15-/m1/s1. The van der Waals surface area contributed by atoms with E-state index >= 15 is 0 Å². The van der Waals surface area contributed by atoms with Gasteiger partial charge in [-0.05, 0) is 37.0 Å². The molecule has 0 saturated carbocycles. The third kappa shape index (κ3) is 3.24. The monoisotopic (exact) mass is 249 g/mol. The summed E-state index contributed by atoms with van der Waals surface area (Å²) in [7, 11) is 0. The van der Waals surface area contributed by atoms with E-state index in [2.05, 4.69) is 12.2 Å². The van der Waals surface area contributed by atoms with E-state index in [0.29, 0.717) is 6.04 Å². The third-order valence-corrected chi connectivity index (χ3v) is 3.75. The summed E-state index contributed by atoms with van der Waals surface area (Å²) >= 11 is 0. The van der Waals surface area contributed by atoms with Crippen LogP contribution in [0.1, 0.15) is 50.7 Å². The third-order valence-electron chi connectivity index (χ3n) is 3.75. The second-order valence-corrected chi connectivity index (χ2v) is 5.23. The highest BCUT2D eigenvalue weighted by molar-refractivity contribution is 5.29. The van der Waals surface area contributed by atoms with Gasteiger partial charge in [-0.15, -0.1) is 0 Å². The molecule has 1 aromatic rings. The lowest BCUT2D eigenvalue weighted by Gasteiger charge is -2.34. The minimum Gasteiger partial charge on any atom is -0.508 e. The Bertz CT molecular complexity index is 379. The highest BCUT2D eigenvalue weighted by Gasteiger charge is 2.27. The highest BCUT2D eigenvalue weighted by atomic mass is 16.3. The van der Waals surface area contributed by atoms with Crippen LogP contribution in [-0.2, 0) is 0 Å². The van der Waals surface area contributed by atoms with E-state index in [9.17, 15) is 10.2 Å². The summed E-state index contributed by atoms with van der Waals surface area (Å²) in [5, 5.41) is 23.4. The quantitative estimate of drug-likeness (QED) is 0.769. The number of aliphatic hydroxyl groups is 1. The van der Waals surface area contributed by atoms with E-state index in [0.717, 1.165) is 18.4 Å². The van der Waals surface area contributed by atoms with Crippen LogP contribution in [0.5, 0.6) is 5.75 Å². The normalized spacial score (nSPS) is 25.9. The first-order chi connectivity index (χ1) is 8.70. The van der Waals surface area contributed by atoms with Gasteiger partial charge in [0.15, 0.2) is 0 Å². The Hall–Kier alpha value is -1.06. The first-order valence-electron chi connectivity index (χ1n) is 6.93. The van der Waals surface area contributed by atoms with Crippen molar-refractivity contribution in [1.29, 1.82) is 0 Å². The van der Waals surface area contributed by atoms with Crippen LogP contribution in [0.15, 0.2) is 24.3 Å². The second-order valence-electron chi connectivity index (χ2n) is 5.23. The van der Waals surface area contributed by atoms with E-state index in [1.807, 2.05) is 6.07 Å². The summed E-state index contributed by atoms with van der Waals surface area (Å²) in [6, 6.07) is 7.56. The summed E-state index contributed by atoms with van der Waals surface area (Å²) in [6.07, 6.45) is 5.18. The molecule has 0 spiro atoms. The predicted octanol–water partition coefficient (Wildman–Crippen LogP) is 2.74. The SMILES string of the molecule is CCC[C@@H]1CCC[C@H]([C@H](O)c2cccc(O)c2)N1. The van der Waals surface area contributed by atoms with Gasteiger partial charge in [-0.25, -0.2) is 0 Å². The van der Waals surface area contributed by atoms with E-state index in [4.69, 9.17) is 0 Å². The van der Waals surface area contributed by atoms with Crippen LogP contribution in [0, 0.1) is 0 Å². The second kappa shape index (κ2) is 6.21. The molecule has 0 unspecified atom stereocenters. The van der Waals surface area contributed by atoms with Gasteiger partial charge in [0.2, 0.25) is 0 Å². The molecule has 3 N–H and O–H groups in total. The summed E-state index contributed by atoms with van der Waals surface area (Å²) in [5.74, 6) is 0.215. The van der Waals surface area contributed by atoms with Crippen molar-refractivity contribution in [2.45, 2.75) is 57.2 Å². The fourth-order valence-corrected chi connectivity index (χ4v) is 2.82. The van der Waals surface area contributed by atoms with Gasteiger partial charge in [0.1, 0.15) is 5.75 Å². The van der Waals surface area contributed by atoms with Crippen molar-refractivity contribution in [3.8, 4) is 5.75 Å². The molecule has 18 heavy (non-hydrogen) atoms.